The first-order valence-electron chi connectivity index (χ1n) is 6.39. The quantitative estimate of drug-likeness (QED) is 0.824. The fourth-order valence-corrected chi connectivity index (χ4v) is 2.67. The molecule has 1 aromatic rings. The van der Waals surface area contributed by atoms with Crippen molar-refractivity contribution in [2.45, 2.75) is 12.2 Å². The number of nitrogens with two attached hydrogens (primary N) is 1. The van der Waals surface area contributed by atoms with Gasteiger partial charge < -0.3 is 24.8 Å². The van der Waals surface area contributed by atoms with Crippen LogP contribution in [-0.4, -0.2) is 51.6 Å². The summed E-state index contributed by atoms with van der Waals surface area (Å²) in [4.78, 5) is 2.54. The summed E-state index contributed by atoms with van der Waals surface area (Å²) < 4.78 is 16.2. The van der Waals surface area contributed by atoms with Gasteiger partial charge in [-0.05, 0) is 12.1 Å². The highest BCUT2D eigenvalue weighted by atomic mass is 32.1. The molecule has 1 aliphatic heterocycles. The first-order chi connectivity index (χ1) is 9.60. The molecule has 0 amide bonds. The van der Waals surface area contributed by atoms with Crippen LogP contribution in [0.2, 0.25) is 0 Å². The summed E-state index contributed by atoms with van der Waals surface area (Å²) in [6, 6.07) is 5.69. The molecule has 2 unspecified atom stereocenters. The standard InChI is InChI=1S/C14H20N2O3S/c1-17-9-4-5-10(14(15)20)11(6-9)16-7-12(18-2)13(8-16)19-3/h4-6,12-13H,7-8H2,1-3H3,(H2,15,20). The second kappa shape index (κ2) is 6.39. The molecule has 0 aliphatic carbocycles. The van der Waals surface area contributed by atoms with Gasteiger partial charge in [0.05, 0.1) is 12.8 Å². The number of nitrogens with zero attached hydrogens (tertiary/aromatic N) is 1. The Bertz CT molecular complexity index is 483. The Kier molecular flexibility index (Phi) is 4.80. The molecule has 0 saturated carbocycles. The van der Waals surface area contributed by atoms with Crippen molar-refractivity contribution in [3.63, 3.8) is 0 Å². The molecule has 6 heteroatoms. The number of rotatable bonds is 5. The third-order valence-corrected chi connectivity index (χ3v) is 3.85. The van der Waals surface area contributed by atoms with Crippen LogP contribution in [0.15, 0.2) is 18.2 Å². The Morgan fingerprint density at radius 2 is 1.80 bits per heavy atom. The van der Waals surface area contributed by atoms with E-state index in [1.165, 1.54) is 0 Å². The molecule has 0 bridgehead atoms. The van der Waals surface area contributed by atoms with Crippen molar-refractivity contribution >= 4 is 22.9 Å². The third-order valence-electron chi connectivity index (χ3n) is 3.63. The van der Waals surface area contributed by atoms with E-state index >= 15 is 0 Å². The SMILES string of the molecule is COc1ccc(C(N)=S)c(N2CC(OC)C(OC)C2)c1. The maximum atomic E-state index is 5.81. The van der Waals surface area contributed by atoms with Crippen molar-refractivity contribution < 1.29 is 14.2 Å². The minimum Gasteiger partial charge on any atom is -0.497 e. The van der Waals surface area contributed by atoms with Crippen molar-refractivity contribution in [2.75, 3.05) is 39.3 Å². The van der Waals surface area contributed by atoms with Crippen molar-refractivity contribution in [3.8, 4) is 5.75 Å². The van der Waals surface area contributed by atoms with Gasteiger partial charge in [0, 0.05) is 38.9 Å². The predicted molar refractivity (Wildman–Crippen MR) is 82.7 cm³/mol. The lowest BCUT2D eigenvalue weighted by atomic mass is 10.1. The third kappa shape index (κ3) is 2.87. The molecule has 0 spiro atoms. The van der Waals surface area contributed by atoms with Crippen molar-refractivity contribution in [2.24, 2.45) is 5.73 Å². The Labute approximate surface area is 124 Å². The molecular formula is C14H20N2O3S. The zero-order chi connectivity index (χ0) is 14.7. The smallest absolute Gasteiger partial charge is 0.120 e. The number of thiocarbonyl (C=S) groups is 1. The minimum absolute atomic E-state index is 0.0328. The Morgan fingerprint density at radius 1 is 1.20 bits per heavy atom. The summed E-state index contributed by atoms with van der Waals surface area (Å²) >= 11 is 5.13. The minimum atomic E-state index is 0.0328. The fraction of sp³-hybridized carbons (Fsp3) is 0.500. The van der Waals surface area contributed by atoms with E-state index in [0.29, 0.717) is 4.99 Å². The fourth-order valence-electron chi connectivity index (χ4n) is 2.50. The van der Waals surface area contributed by atoms with Gasteiger partial charge in [-0.15, -0.1) is 0 Å². The van der Waals surface area contributed by atoms with Crippen LogP contribution in [0.1, 0.15) is 5.56 Å². The number of methoxy groups -OCH3 is 3. The summed E-state index contributed by atoms with van der Waals surface area (Å²) in [5.74, 6) is 0.773. The van der Waals surface area contributed by atoms with Gasteiger partial charge in [-0.2, -0.15) is 0 Å². The molecule has 1 heterocycles. The molecule has 2 atom stereocenters. The highest BCUT2D eigenvalue weighted by molar-refractivity contribution is 7.80. The average Bonchev–Trinajstić information content (AvgIpc) is 2.89. The Morgan fingerprint density at radius 3 is 2.25 bits per heavy atom. The predicted octanol–water partition coefficient (Wildman–Crippen LogP) is 1.18. The molecular weight excluding hydrogens is 276 g/mol. The van der Waals surface area contributed by atoms with Crippen molar-refractivity contribution in [1.82, 2.24) is 0 Å². The van der Waals surface area contributed by atoms with Crippen LogP contribution < -0.4 is 15.4 Å². The Balaban J connectivity index is 2.34. The van der Waals surface area contributed by atoms with Gasteiger partial charge in [0.15, 0.2) is 0 Å². The zero-order valence-electron chi connectivity index (χ0n) is 12.0. The number of hydrogen-bond acceptors (Lipinski definition) is 5. The molecule has 110 valence electrons. The number of anilines is 1. The van der Waals surface area contributed by atoms with E-state index in [1.807, 2.05) is 18.2 Å². The lowest BCUT2D eigenvalue weighted by molar-refractivity contribution is -0.00461. The van der Waals surface area contributed by atoms with Gasteiger partial charge in [-0.3, -0.25) is 0 Å². The van der Waals surface area contributed by atoms with E-state index in [4.69, 9.17) is 32.2 Å². The molecule has 2 N–H and O–H groups in total. The molecule has 0 aromatic heterocycles. The van der Waals surface area contributed by atoms with E-state index in [9.17, 15) is 0 Å². The van der Waals surface area contributed by atoms with Crippen molar-refractivity contribution in [1.29, 1.82) is 0 Å². The zero-order valence-corrected chi connectivity index (χ0v) is 12.8. The van der Waals surface area contributed by atoms with E-state index in [-0.39, 0.29) is 12.2 Å². The molecule has 2 rings (SSSR count). The molecule has 1 aromatic carbocycles. The van der Waals surface area contributed by atoms with Crippen LogP contribution in [0.3, 0.4) is 0 Å². The van der Waals surface area contributed by atoms with Gasteiger partial charge >= 0.3 is 0 Å². The molecule has 20 heavy (non-hydrogen) atoms. The molecule has 5 nitrogen and oxygen atoms in total. The summed E-state index contributed by atoms with van der Waals surface area (Å²) in [5, 5.41) is 0. The van der Waals surface area contributed by atoms with Gasteiger partial charge in [0.2, 0.25) is 0 Å². The molecule has 1 fully saturated rings. The summed E-state index contributed by atoms with van der Waals surface area (Å²) in [7, 11) is 5.03. The number of benzene rings is 1. The molecule has 0 radical (unpaired) electrons. The lowest BCUT2D eigenvalue weighted by Crippen LogP contribution is -2.27. The van der Waals surface area contributed by atoms with Crippen LogP contribution >= 0.6 is 12.2 Å². The topological polar surface area (TPSA) is 57.0 Å². The first-order valence-corrected chi connectivity index (χ1v) is 6.80. The van der Waals surface area contributed by atoms with Gasteiger partial charge in [-0.25, -0.2) is 0 Å². The van der Waals surface area contributed by atoms with E-state index < -0.39 is 0 Å². The first kappa shape index (κ1) is 15.0. The molecule has 1 aliphatic rings. The van der Waals surface area contributed by atoms with E-state index in [2.05, 4.69) is 4.90 Å². The maximum Gasteiger partial charge on any atom is 0.120 e. The summed E-state index contributed by atoms with van der Waals surface area (Å²) in [6.45, 7) is 1.47. The van der Waals surface area contributed by atoms with Crippen LogP contribution in [0.4, 0.5) is 5.69 Å². The highest BCUT2D eigenvalue weighted by Crippen LogP contribution is 2.30. The maximum absolute atomic E-state index is 5.81. The largest absolute Gasteiger partial charge is 0.497 e. The number of ether oxygens (including phenoxy) is 3. The van der Waals surface area contributed by atoms with E-state index in [1.54, 1.807) is 21.3 Å². The Hall–Kier alpha value is -1.37. The summed E-state index contributed by atoms with van der Waals surface area (Å²) in [5.41, 5.74) is 7.61. The van der Waals surface area contributed by atoms with Gasteiger partial charge in [-0.1, -0.05) is 12.2 Å². The van der Waals surface area contributed by atoms with E-state index in [0.717, 1.165) is 30.1 Å². The molecule has 1 saturated heterocycles. The van der Waals surface area contributed by atoms with Crippen LogP contribution in [0.25, 0.3) is 0 Å². The highest BCUT2D eigenvalue weighted by Gasteiger charge is 2.34. The average molecular weight is 296 g/mol. The van der Waals surface area contributed by atoms with Gasteiger partial charge in [0.1, 0.15) is 22.9 Å². The van der Waals surface area contributed by atoms with Crippen molar-refractivity contribution in [3.05, 3.63) is 23.8 Å². The number of hydrogen-bond donors (Lipinski definition) is 1. The van der Waals surface area contributed by atoms with Gasteiger partial charge in [0.25, 0.3) is 0 Å². The normalized spacial score (nSPS) is 22.1. The monoisotopic (exact) mass is 296 g/mol. The lowest BCUT2D eigenvalue weighted by Gasteiger charge is -2.22. The second-order valence-corrected chi connectivity index (χ2v) is 5.14. The second-order valence-electron chi connectivity index (χ2n) is 4.70. The summed E-state index contributed by atoms with van der Waals surface area (Å²) in [6.07, 6.45) is 0.0655. The van der Waals surface area contributed by atoms with Crippen LogP contribution in [0, 0.1) is 0 Å². The van der Waals surface area contributed by atoms with Crippen LogP contribution in [0.5, 0.6) is 5.75 Å². The van der Waals surface area contributed by atoms with Crippen LogP contribution in [-0.2, 0) is 9.47 Å².